The molecule has 0 N–H and O–H groups in total. The van der Waals surface area contributed by atoms with Crippen molar-refractivity contribution >= 4 is 23.1 Å². The van der Waals surface area contributed by atoms with E-state index in [4.69, 9.17) is 4.74 Å². The zero-order valence-corrected chi connectivity index (χ0v) is 15.3. The molecule has 1 atom stereocenters. The minimum atomic E-state index is -0.178. The maximum atomic E-state index is 12.6. The lowest BCUT2D eigenvalue weighted by atomic mass is 10.2. The van der Waals surface area contributed by atoms with Gasteiger partial charge in [0, 0.05) is 46.1 Å². The Morgan fingerprint density at radius 3 is 3.00 bits per heavy atom. The highest BCUT2D eigenvalue weighted by Gasteiger charge is 2.28. The average Bonchev–Trinajstić information content (AvgIpc) is 3.03. The maximum absolute atomic E-state index is 12.6. The van der Waals surface area contributed by atoms with Gasteiger partial charge in [-0.05, 0) is 6.92 Å². The van der Waals surface area contributed by atoms with Gasteiger partial charge in [-0.3, -0.25) is 9.59 Å². The quantitative estimate of drug-likeness (QED) is 0.788. The summed E-state index contributed by atoms with van der Waals surface area (Å²) in [4.78, 5) is 37.4. The van der Waals surface area contributed by atoms with Gasteiger partial charge in [-0.15, -0.1) is 11.3 Å². The van der Waals surface area contributed by atoms with Crippen molar-refractivity contribution in [2.75, 3.05) is 38.2 Å². The molecule has 8 nitrogen and oxygen atoms in total. The molecular weight excluding hydrogens is 342 g/mol. The number of morpholine rings is 1. The van der Waals surface area contributed by atoms with Gasteiger partial charge < -0.3 is 19.1 Å². The summed E-state index contributed by atoms with van der Waals surface area (Å²) in [5.41, 5.74) is 2.28. The van der Waals surface area contributed by atoms with E-state index in [1.807, 2.05) is 6.92 Å². The summed E-state index contributed by atoms with van der Waals surface area (Å²) in [6.07, 6.45) is 3.04. The SMILES string of the molecule is Cc1ncsc1C(=O)N1CCO[C@H](CN(C)c2nccn(C)c2=O)C1. The first-order valence-corrected chi connectivity index (χ1v) is 8.89. The molecule has 0 radical (unpaired) electrons. The Morgan fingerprint density at radius 2 is 2.28 bits per heavy atom. The van der Waals surface area contributed by atoms with E-state index in [2.05, 4.69) is 9.97 Å². The average molecular weight is 363 g/mol. The first-order chi connectivity index (χ1) is 12.0. The second-order valence-corrected chi connectivity index (χ2v) is 6.91. The first-order valence-electron chi connectivity index (χ1n) is 8.01. The summed E-state index contributed by atoms with van der Waals surface area (Å²) in [5, 5.41) is 0. The molecule has 1 saturated heterocycles. The van der Waals surface area contributed by atoms with Gasteiger partial charge >= 0.3 is 0 Å². The zero-order chi connectivity index (χ0) is 18.0. The number of carbonyl (C=O) groups is 1. The van der Waals surface area contributed by atoms with Gasteiger partial charge in [-0.25, -0.2) is 9.97 Å². The molecule has 25 heavy (non-hydrogen) atoms. The molecule has 3 heterocycles. The lowest BCUT2D eigenvalue weighted by molar-refractivity contribution is -0.0170. The van der Waals surface area contributed by atoms with Crippen molar-refractivity contribution < 1.29 is 9.53 Å². The summed E-state index contributed by atoms with van der Waals surface area (Å²) in [7, 11) is 3.50. The van der Waals surface area contributed by atoms with Crippen molar-refractivity contribution in [3.63, 3.8) is 0 Å². The van der Waals surface area contributed by atoms with E-state index >= 15 is 0 Å². The van der Waals surface area contributed by atoms with Crippen molar-refractivity contribution in [1.29, 1.82) is 0 Å². The summed E-state index contributed by atoms with van der Waals surface area (Å²) in [6.45, 7) is 3.84. The van der Waals surface area contributed by atoms with Crippen LogP contribution in [-0.4, -0.2) is 64.7 Å². The summed E-state index contributed by atoms with van der Waals surface area (Å²) < 4.78 is 7.27. The fourth-order valence-electron chi connectivity index (χ4n) is 2.80. The van der Waals surface area contributed by atoms with Crippen LogP contribution in [0.4, 0.5) is 5.82 Å². The van der Waals surface area contributed by atoms with Crippen molar-refractivity contribution in [3.8, 4) is 0 Å². The third-order valence-electron chi connectivity index (χ3n) is 4.20. The van der Waals surface area contributed by atoms with Crippen LogP contribution in [0.15, 0.2) is 22.7 Å². The molecule has 2 aromatic heterocycles. The fourth-order valence-corrected chi connectivity index (χ4v) is 3.57. The van der Waals surface area contributed by atoms with Crippen molar-refractivity contribution in [3.05, 3.63) is 38.8 Å². The molecule has 1 aliphatic heterocycles. The van der Waals surface area contributed by atoms with Crippen molar-refractivity contribution in [1.82, 2.24) is 19.4 Å². The normalized spacial score (nSPS) is 17.6. The molecule has 3 rings (SSSR count). The molecular formula is C16H21N5O3S. The third-order valence-corrected chi connectivity index (χ3v) is 5.12. The molecule has 2 aromatic rings. The second-order valence-electron chi connectivity index (χ2n) is 6.06. The Morgan fingerprint density at radius 1 is 1.48 bits per heavy atom. The van der Waals surface area contributed by atoms with Crippen molar-refractivity contribution in [2.24, 2.45) is 7.05 Å². The Bertz CT molecular complexity index is 818. The summed E-state index contributed by atoms with van der Waals surface area (Å²) in [5.74, 6) is 0.361. The third kappa shape index (κ3) is 3.72. The number of aryl methyl sites for hydroxylation is 2. The largest absolute Gasteiger partial charge is 0.373 e. The van der Waals surface area contributed by atoms with Crippen LogP contribution in [0.2, 0.25) is 0 Å². The first kappa shape index (κ1) is 17.6. The van der Waals surface area contributed by atoms with E-state index in [-0.39, 0.29) is 17.6 Å². The number of amides is 1. The number of thiazole rings is 1. The van der Waals surface area contributed by atoms with Crippen LogP contribution in [0.25, 0.3) is 0 Å². The number of carbonyl (C=O) groups excluding carboxylic acids is 1. The van der Waals surface area contributed by atoms with E-state index in [0.29, 0.717) is 36.9 Å². The van der Waals surface area contributed by atoms with Crippen LogP contribution in [0.1, 0.15) is 15.4 Å². The minimum absolute atomic E-state index is 0.00953. The highest BCUT2D eigenvalue weighted by molar-refractivity contribution is 7.11. The number of anilines is 1. The molecule has 1 amide bonds. The van der Waals surface area contributed by atoms with Crippen LogP contribution < -0.4 is 10.5 Å². The zero-order valence-electron chi connectivity index (χ0n) is 14.5. The van der Waals surface area contributed by atoms with Crippen LogP contribution in [0.3, 0.4) is 0 Å². The molecule has 0 bridgehead atoms. The Balaban J connectivity index is 1.67. The highest BCUT2D eigenvalue weighted by Crippen LogP contribution is 2.18. The van der Waals surface area contributed by atoms with Crippen LogP contribution in [0.5, 0.6) is 0 Å². The lowest BCUT2D eigenvalue weighted by Crippen LogP contribution is -2.49. The van der Waals surface area contributed by atoms with Gasteiger partial charge in [0.2, 0.25) is 0 Å². The molecule has 1 aliphatic rings. The summed E-state index contributed by atoms with van der Waals surface area (Å²) in [6, 6.07) is 0. The van der Waals surface area contributed by atoms with Crippen LogP contribution in [-0.2, 0) is 11.8 Å². The monoisotopic (exact) mass is 363 g/mol. The predicted octanol–water partition coefficient (Wildman–Crippen LogP) is 0.523. The molecule has 0 aliphatic carbocycles. The Kier molecular flexibility index (Phi) is 5.14. The summed E-state index contributed by atoms with van der Waals surface area (Å²) >= 11 is 1.36. The molecule has 0 saturated carbocycles. The smallest absolute Gasteiger partial charge is 0.293 e. The molecule has 0 unspecified atom stereocenters. The predicted molar refractivity (Wildman–Crippen MR) is 95.2 cm³/mol. The number of hydrogen-bond acceptors (Lipinski definition) is 7. The number of nitrogens with zero attached hydrogens (tertiary/aromatic N) is 5. The van der Waals surface area contributed by atoms with Gasteiger partial charge in [-0.1, -0.05) is 0 Å². The molecule has 9 heteroatoms. The minimum Gasteiger partial charge on any atom is -0.373 e. The van der Waals surface area contributed by atoms with E-state index in [0.717, 1.165) is 5.69 Å². The van der Waals surface area contributed by atoms with Gasteiger partial charge in [0.1, 0.15) is 4.88 Å². The van der Waals surface area contributed by atoms with E-state index in [9.17, 15) is 9.59 Å². The molecule has 134 valence electrons. The Hall–Kier alpha value is -2.26. The molecule has 0 spiro atoms. The lowest BCUT2D eigenvalue weighted by Gasteiger charge is -2.34. The van der Waals surface area contributed by atoms with E-state index < -0.39 is 0 Å². The molecule has 0 aromatic carbocycles. The number of ether oxygens (including phenoxy) is 1. The van der Waals surface area contributed by atoms with Gasteiger partial charge in [-0.2, -0.15) is 0 Å². The van der Waals surface area contributed by atoms with Crippen molar-refractivity contribution in [2.45, 2.75) is 13.0 Å². The number of likely N-dealkylation sites (N-methyl/N-ethyl adjacent to an activating group) is 1. The Labute approximate surface area is 149 Å². The number of hydrogen-bond donors (Lipinski definition) is 0. The molecule has 1 fully saturated rings. The maximum Gasteiger partial charge on any atom is 0.293 e. The van der Waals surface area contributed by atoms with Crippen LogP contribution in [0, 0.1) is 6.92 Å². The number of rotatable bonds is 4. The number of aromatic nitrogens is 3. The van der Waals surface area contributed by atoms with Gasteiger partial charge in [0.15, 0.2) is 5.82 Å². The van der Waals surface area contributed by atoms with Gasteiger partial charge in [0.25, 0.3) is 11.5 Å². The van der Waals surface area contributed by atoms with Crippen LogP contribution >= 0.6 is 11.3 Å². The second kappa shape index (κ2) is 7.32. The highest BCUT2D eigenvalue weighted by atomic mass is 32.1. The standard InChI is InChI=1S/C16H21N5O3S/c1-11-13(25-10-18-11)15(22)21-6-7-24-12(9-21)8-20(3)14-16(23)19(2)5-4-17-14/h4-5,10,12H,6-9H2,1-3H3/t12-/m1/s1. The topological polar surface area (TPSA) is 80.6 Å². The van der Waals surface area contributed by atoms with Gasteiger partial charge in [0.05, 0.1) is 23.9 Å². The van der Waals surface area contributed by atoms with E-state index in [1.54, 1.807) is 41.8 Å². The van der Waals surface area contributed by atoms with E-state index in [1.165, 1.54) is 15.9 Å². The fraction of sp³-hybridized carbons (Fsp3) is 0.500.